The first kappa shape index (κ1) is 12.0. The van der Waals surface area contributed by atoms with E-state index < -0.39 is 0 Å². The van der Waals surface area contributed by atoms with E-state index in [9.17, 15) is 0 Å². The maximum absolute atomic E-state index is 4.38. The van der Waals surface area contributed by atoms with Crippen LogP contribution in [-0.4, -0.2) is 29.5 Å². The van der Waals surface area contributed by atoms with E-state index >= 15 is 0 Å². The van der Waals surface area contributed by atoms with Crippen molar-refractivity contribution in [1.29, 1.82) is 0 Å². The molecule has 0 radical (unpaired) electrons. The quantitative estimate of drug-likeness (QED) is 0.739. The Morgan fingerprint density at radius 1 is 1.37 bits per heavy atom. The van der Waals surface area contributed by atoms with Crippen molar-refractivity contribution in [3.63, 3.8) is 0 Å². The second kappa shape index (κ2) is 4.93. The van der Waals surface area contributed by atoms with Gasteiger partial charge < -0.3 is 4.57 Å². The van der Waals surface area contributed by atoms with Crippen molar-refractivity contribution in [1.82, 2.24) is 29.5 Å². The molecule has 0 saturated heterocycles. The summed E-state index contributed by atoms with van der Waals surface area (Å²) in [5.41, 5.74) is 2.90. The molecule has 0 bridgehead atoms. The molecule has 3 aromatic heterocycles. The molecule has 19 heavy (non-hydrogen) atoms. The summed E-state index contributed by atoms with van der Waals surface area (Å²) in [6.07, 6.45) is 7.32. The Hall–Kier alpha value is -2.02. The van der Waals surface area contributed by atoms with Crippen LogP contribution in [0.3, 0.4) is 0 Å². The van der Waals surface area contributed by atoms with Gasteiger partial charge in [-0.2, -0.15) is 0 Å². The number of aromatic nitrogens is 6. The van der Waals surface area contributed by atoms with E-state index in [4.69, 9.17) is 0 Å². The van der Waals surface area contributed by atoms with E-state index in [2.05, 4.69) is 36.2 Å². The number of nitrogens with zero attached hydrogens (tertiary/aromatic N) is 6. The molecule has 3 rings (SSSR count). The van der Waals surface area contributed by atoms with E-state index in [1.165, 1.54) is 0 Å². The number of aryl methyl sites for hydroxylation is 1. The van der Waals surface area contributed by atoms with Crippen LogP contribution in [0.1, 0.15) is 5.69 Å². The molecule has 3 aromatic rings. The Morgan fingerprint density at radius 3 is 2.95 bits per heavy atom. The Labute approximate surface area is 118 Å². The van der Waals surface area contributed by atoms with Gasteiger partial charge in [0.05, 0.1) is 24.3 Å². The third-order valence-electron chi connectivity index (χ3n) is 2.82. The van der Waals surface area contributed by atoms with Crippen LogP contribution in [-0.2, 0) is 13.6 Å². The van der Waals surface area contributed by atoms with Crippen molar-refractivity contribution >= 4 is 15.9 Å². The monoisotopic (exact) mass is 318 g/mol. The molecule has 0 saturated carbocycles. The van der Waals surface area contributed by atoms with E-state index in [-0.39, 0.29) is 0 Å². The fourth-order valence-corrected chi connectivity index (χ4v) is 2.25. The minimum absolute atomic E-state index is 0.664. The van der Waals surface area contributed by atoms with Gasteiger partial charge >= 0.3 is 0 Å². The van der Waals surface area contributed by atoms with Crippen LogP contribution in [0.4, 0.5) is 0 Å². The Kier molecular flexibility index (Phi) is 3.12. The predicted octanol–water partition coefficient (Wildman–Crippen LogP) is 1.88. The maximum atomic E-state index is 4.38. The zero-order valence-electron chi connectivity index (χ0n) is 10.2. The van der Waals surface area contributed by atoms with Gasteiger partial charge in [-0.05, 0) is 28.1 Å². The lowest BCUT2D eigenvalue weighted by Crippen LogP contribution is -2.04. The van der Waals surface area contributed by atoms with Gasteiger partial charge in [-0.3, -0.25) is 4.98 Å². The predicted molar refractivity (Wildman–Crippen MR) is 73.3 cm³/mol. The fourth-order valence-electron chi connectivity index (χ4n) is 1.80. The summed E-state index contributed by atoms with van der Waals surface area (Å²) in [5.74, 6) is 0. The summed E-state index contributed by atoms with van der Waals surface area (Å²) < 4.78 is 4.49. The van der Waals surface area contributed by atoms with E-state index in [1.54, 1.807) is 23.4 Å². The minimum atomic E-state index is 0.664. The van der Waals surface area contributed by atoms with Crippen LogP contribution in [0.25, 0.3) is 11.3 Å². The molecule has 0 N–H and O–H groups in total. The third kappa shape index (κ3) is 2.41. The minimum Gasteiger partial charge on any atom is -0.331 e. The number of hydrogen-bond acceptors (Lipinski definition) is 4. The van der Waals surface area contributed by atoms with Crippen molar-refractivity contribution in [2.75, 3.05) is 0 Å². The first-order valence-electron chi connectivity index (χ1n) is 5.70. The number of pyridine rings is 1. The van der Waals surface area contributed by atoms with Gasteiger partial charge in [0, 0.05) is 31.2 Å². The molecule has 0 unspecified atom stereocenters. The van der Waals surface area contributed by atoms with Crippen LogP contribution in [0, 0.1) is 0 Å². The molecule has 3 heterocycles. The van der Waals surface area contributed by atoms with Crippen molar-refractivity contribution in [2.24, 2.45) is 7.05 Å². The Balaban J connectivity index is 1.87. The summed E-state index contributed by atoms with van der Waals surface area (Å²) in [4.78, 5) is 8.48. The highest BCUT2D eigenvalue weighted by atomic mass is 79.9. The lowest BCUT2D eigenvalue weighted by molar-refractivity contribution is 0.647. The van der Waals surface area contributed by atoms with Crippen LogP contribution >= 0.6 is 15.9 Å². The highest BCUT2D eigenvalue weighted by molar-refractivity contribution is 9.10. The molecular formula is C12H11BrN6. The third-order valence-corrected chi connectivity index (χ3v) is 3.43. The van der Waals surface area contributed by atoms with Crippen molar-refractivity contribution in [3.05, 3.63) is 47.3 Å². The highest BCUT2D eigenvalue weighted by Gasteiger charge is 2.09. The molecule has 0 fully saturated rings. The van der Waals surface area contributed by atoms with Crippen LogP contribution < -0.4 is 0 Å². The van der Waals surface area contributed by atoms with E-state index in [0.717, 1.165) is 21.6 Å². The second-order valence-electron chi connectivity index (χ2n) is 4.12. The normalized spacial score (nSPS) is 10.8. The first-order chi connectivity index (χ1) is 9.24. The summed E-state index contributed by atoms with van der Waals surface area (Å²) in [6, 6.07) is 3.89. The molecule has 0 aliphatic carbocycles. The highest BCUT2D eigenvalue weighted by Crippen LogP contribution is 2.17. The molecule has 0 spiro atoms. The molecule has 0 aliphatic rings. The average molecular weight is 319 g/mol. The molecule has 6 nitrogen and oxygen atoms in total. The first-order valence-corrected chi connectivity index (χ1v) is 6.49. The van der Waals surface area contributed by atoms with Crippen LogP contribution in [0.2, 0.25) is 0 Å². The van der Waals surface area contributed by atoms with Gasteiger partial charge in [-0.25, -0.2) is 9.67 Å². The summed E-state index contributed by atoms with van der Waals surface area (Å²) in [6.45, 7) is 0.664. The van der Waals surface area contributed by atoms with Crippen LogP contribution in [0.5, 0.6) is 0 Å². The lowest BCUT2D eigenvalue weighted by atomic mass is 10.2. The molecule has 7 heteroatoms. The van der Waals surface area contributed by atoms with Crippen molar-refractivity contribution in [3.8, 4) is 11.3 Å². The van der Waals surface area contributed by atoms with Gasteiger partial charge in [0.1, 0.15) is 0 Å². The Morgan fingerprint density at radius 2 is 2.26 bits per heavy atom. The molecule has 0 aliphatic heterocycles. The number of imidazole rings is 1. The molecule has 96 valence electrons. The van der Waals surface area contributed by atoms with Gasteiger partial charge in [-0.1, -0.05) is 5.21 Å². The standard InChI is InChI=1S/C12H11BrN6/c1-18-11(12(13)16-17-18)7-19-6-10(15-8-19)9-3-2-4-14-5-9/h2-6,8H,7H2,1H3. The lowest BCUT2D eigenvalue weighted by Gasteiger charge is -2.02. The van der Waals surface area contributed by atoms with Crippen molar-refractivity contribution < 1.29 is 0 Å². The van der Waals surface area contributed by atoms with Crippen LogP contribution in [0.15, 0.2) is 41.7 Å². The number of halogens is 1. The van der Waals surface area contributed by atoms with Crippen molar-refractivity contribution in [2.45, 2.75) is 6.54 Å². The summed E-state index contributed by atoms with van der Waals surface area (Å²) in [7, 11) is 1.87. The zero-order chi connectivity index (χ0) is 13.2. The van der Waals surface area contributed by atoms with E-state index in [0.29, 0.717) is 6.54 Å². The molecule has 0 amide bonds. The SMILES string of the molecule is Cn1nnc(Br)c1Cn1cnc(-c2cccnc2)c1. The van der Waals surface area contributed by atoms with Gasteiger partial charge in [0.2, 0.25) is 0 Å². The molecular weight excluding hydrogens is 308 g/mol. The molecule has 0 aromatic carbocycles. The Bertz CT molecular complexity index is 668. The zero-order valence-corrected chi connectivity index (χ0v) is 11.8. The largest absolute Gasteiger partial charge is 0.331 e. The topological polar surface area (TPSA) is 61.4 Å². The smallest absolute Gasteiger partial charge is 0.153 e. The summed E-state index contributed by atoms with van der Waals surface area (Å²) in [5, 5.41) is 7.92. The number of rotatable bonds is 3. The second-order valence-corrected chi connectivity index (χ2v) is 4.87. The average Bonchev–Trinajstić information content (AvgIpc) is 3.02. The van der Waals surface area contributed by atoms with E-state index in [1.807, 2.05) is 29.9 Å². The van der Waals surface area contributed by atoms with Gasteiger partial charge in [0.25, 0.3) is 0 Å². The maximum Gasteiger partial charge on any atom is 0.153 e. The fraction of sp³-hybridized carbons (Fsp3) is 0.167. The summed E-state index contributed by atoms with van der Waals surface area (Å²) >= 11 is 3.39. The van der Waals surface area contributed by atoms with Gasteiger partial charge in [-0.15, -0.1) is 5.10 Å². The van der Waals surface area contributed by atoms with Gasteiger partial charge in [0.15, 0.2) is 4.60 Å². The molecule has 0 atom stereocenters. The number of hydrogen-bond donors (Lipinski definition) is 0.